The van der Waals surface area contributed by atoms with Crippen LogP contribution in [0.5, 0.6) is 11.5 Å². The lowest BCUT2D eigenvalue weighted by Crippen LogP contribution is -2.39. The second-order valence-electron chi connectivity index (χ2n) is 6.17. The lowest BCUT2D eigenvalue weighted by molar-refractivity contribution is -0.139. The first-order valence-electron chi connectivity index (χ1n) is 8.34. The van der Waals surface area contributed by atoms with Crippen molar-refractivity contribution in [2.24, 2.45) is 11.5 Å². The molecule has 2 rings (SSSR count). The molecule has 0 saturated carbocycles. The Morgan fingerprint density at radius 1 is 0.759 bits per heavy atom. The largest absolute Gasteiger partial charge is 0.508 e. The van der Waals surface area contributed by atoms with Gasteiger partial charge in [0.25, 0.3) is 0 Å². The number of hydrogen-bond donors (Lipinski definition) is 4. The fourth-order valence-corrected chi connectivity index (χ4v) is 2.96. The Hall–Kier alpha value is -3.15. The van der Waals surface area contributed by atoms with Crippen LogP contribution in [0.2, 0.25) is 0 Å². The van der Waals surface area contributed by atoms with Gasteiger partial charge in [0, 0.05) is 0 Å². The van der Waals surface area contributed by atoms with Crippen LogP contribution in [0.15, 0.2) is 48.5 Å². The standard InChI is InChI=1S/C18H20N2O8S/c19-15(9-11-1-5-13(21)6-2-11)17(23)27-29(25,26)28-18(24)16(20)10-12-3-7-14(22)8-4-12/h1-8,15-16,21-22H,9-10,19-20H2. The molecule has 29 heavy (non-hydrogen) atoms. The number of aromatic hydroxyl groups is 2. The van der Waals surface area contributed by atoms with Crippen molar-refractivity contribution in [2.45, 2.75) is 24.9 Å². The maximum Gasteiger partial charge on any atom is 0.506 e. The predicted molar refractivity (Wildman–Crippen MR) is 101 cm³/mol. The molecule has 2 aromatic rings. The molecule has 0 bridgehead atoms. The molecule has 0 fully saturated rings. The third-order valence-corrected chi connectivity index (χ3v) is 4.49. The Bertz CT molecular complexity index is 885. The summed E-state index contributed by atoms with van der Waals surface area (Å²) in [4.78, 5) is 23.8. The lowest BCUT2D eigenvalue weighted by atomic mass is 10.1. The minimum Gasteiger partial charge on any atom is -0.508 e. The molecular formula is C18H20N2O8S. The van der Waals surface area contributed by atoms with Crippen LogP contribution in [-0.4, -0.2) is 42.7 Å². The number of benzene rings is 2. The van der Waals surface area contributed by atoms with E-state index in [0.29, 0.717) is 11.1 Å². The summed E-state index contributed by atoms with van der Waals surface area (Å²) in [5, 5.41) is 18.4. The molecule has 0 heterocycles. The molecule has 11 heteroatoms. The van der Waals surface area contributed by atoms with E-state index in [0.717, 1.165) is 0 Å². The van der Waals surface area contributed by atoms with Crippen molar-refractivity contribution < 1.29 is 36.6 Å². The van der Waals surface area contributed by atoms with Gasteiger partial charge in [-0.3, -0.25) is 0 Å². The molecular weight excluding hydrogens is 404 g/mol. The Balaban J connectivity index is 1.90. The molecule has 0 aromatic heterocycles. The first kappa shape index (κ1) is 22.1. The molecule has 0 radical (unpaired) electrons. The number of nitrogens with two attached hydrogens (primary N) is 2. The van der Waals surface area contributed by atoms with Crippen LogP contribution < -0.4 is 11.5 Å². The SMILES string of the molecule is NC(Cc1ccc(O)cc1)C(=O)OS(=O)(=O)OC(=O)C(N)Cc1ccc(O)cc1. The van der Waals surface area contributed by atoms with E-state index in [1.54, 1.807) is 0 Å². The molecule has 0 saturated heterocycles. The van der Waals surface area contributed by atoms with Crippen LogP contribution in [0, 0.1) is 0 Å². The molecule has 10 nitrogen and oxygen atoms in total. The second kappa shape index (κ2) is 9.37. The Labute approximate surface area is 167 Å². The van der Waals surface area contributed by atoms with Crippen molar-refractivity contribution >= 4 is 22.3 Å². The average Bonchev–Trinajstić information content (AvgIpc) is 2.64. The van der Waals surface area contributed by atoms with Crippen LogP contribution in [0.25, 0.3) is 0 Å². The van der Waals surface area contributed by atoms with E-state index in [2.05, 4.69) is 8.37 Å². The van der Waals surface area contributed by atoms with E-state index in [9.17, 15) is 28.2 Å². The lowest BCUT2D eigenvalue weighted by Gasteiger charge is -2.13. The van der Waals surface area contributed by atoms with Crippen LogP contribution in [0.1, 0.15) is 11.1 Å². The fraction of sp³-hybridized carbons (Fsp3) is 0.222. The van der Waals surface area contributed by atoms with Gasteiger partial charge in [0.1, 0.15) is 23.6 Å². The summed E-state index contributed by atoms with van der Waals surface area (Å²) in [6, 6.07) is 8.81. The van der Waals surface area contributed by atoms with E-state index in [1.807, 2.05) is 0 Å². The van der Waals surface area contributed by atoms with Gasteiger partial charge in [-0.25, -0.2) is 9.59 Å². The molecule has 6 N–H and O–H groups in total. The van der Waals surface area contributed by atoms with Crippen LogP contribution in [-0.2, 0) is 41.2 Å². The maximum atomic E-state index is 11.9. The van der Waals surface area contributed by atoms with Gasteiger partial charge in [0.05, 0.1) is 0 Å². The molecule has 2 aromatic carbocycles. The highest BCUT2D eigenvalue weighted by atomic mass is 32.3. The third kappa shape index (κ3) is 7.07. The first-order valence-corrected chi connectivity index (χ1v) is 9.67. The van der Waals surface area contributed by atoms with E-state index >= 15 is 0 Å². The van der Waals surface area contributed by atoms with E-state index in [1.165, 1.54) is 48.5 Å². The summed E-state index contributed by atoms with van der Waals surface area (Å²) in [7, 11) is -5.01. The zero-order valence-corrected chi connectivity index (χ0v) is 15.9. The second-order valence-corrected chi connectivity index (χ2v) is 7.32. The summed E-state index contributed by atoms with van der Waals surface area (Å²) in [5.74, 6) is -2.61. The van der Waals surface area contributed by atoms with Crippen LogP contribution >= 0.6 is 0 Å². The Kier molecular flexibility index (Phi) is 7.15. The highest BCUT2D eigenvalue weighted by Crippen LogP contribution is 2.13. The molecule has 0 aliphatic heterocycles. The summed E-state index contributed by atoms with van der Waals surface area (Å²) in [6.45, 7) is 0. The molecule has 2 unspecified atom stereocenters. The van der Waals surface area contributed by atoms with Gasteiger partial charge in [-0.1, -0.05) is 24.3 Å². The van der Waals surface area contributed by atoms with Crippen molar-refractivity contribution in [3.05, 3.63) is 59.7 Å². The number of hydrogen-bond acceptors (Lipinski definition) is 10. The summed E-state index contributed by atoms with van der Waals surface area (Å²) in [6.07, 6.45) is -0.133. The molecule has 0 spiro atoms. The number of rotatable bonds is 8. The van der Waals surface area contributed by atoms with Crippen molar-refractivity contribution in [1.82, 2.24) is 0 Å². The van der Waals surface area contributed by atoms with Gasteiger partial charge < -0.3 is 30.0 Å². The summed E-state index contributed by atoms with van der Waals surface area (Å²) < 4.78 is 32.0. The maximum absolute atomic E-state index is 11.9. The third-order valence-electron chi connectivity index (χ3n) is 3.76. The number of carbonyl (C=O) groups excluding carboxylic acids is 2. The number of phenols is 2. The zero-order valence-electron chi connectivity index (χ0n) is 15.1. The van der Waals surface area contributed by atoms with E-state index in [-0.39, 0.29) is 24.3 Å². The first-order chi connectivity index (χ1) is 13.6. The molecule has 0 aliphatic carbocycles. The monoisotopic (exact) mass is 424 g/mol. The zero-order chi connectivity index (χ0) is 21.6. The smallest absolute Gasteiger partial charge is 0.506 e. The molecule has 2 atom stereocenters. The summed E-state index contributed by atoms with van der Waals surface area (Å²) >= 11 is 0. The predicted octanol–water partition coefficient (Wildman–Crippen LogP) is -0.131. The summed E-state index contributed by atoms with van der Waals surface area (Å²) in [5.41, 5.74) is 12.3. The van der Waals surface area contributed by atoms with Gasteiger partial charge in [-0.05, 0) is 48.2 Å². The van der Waals surface area contributed by atoms with Crippen molar-refractivity contribution in [2.75, 3.05) is 0 Å². The normalized spacial score (nSPS) is 13.3. The quantitative estimate of drug-likeness (QED) is 0.446. The minimum atomic E-state index is -5.01. The van der Waals surface area contributed by atoms with Crippen LogP contribution in [0.4, 0.5) is 0 Å². The van der Waals surface area contributed by atoms with Crippen molar-refractivity contribution in [3.8, 4) is 11.5 Å². The topological polar surface area (TPSA) is 179 Å². The molecule has 156 valence electrons. The van der Waals surface area contributed by atoms with Gasteiger partial charge in [0.2, 0.25) is 0 Å². The highest BCUT2D eigenvalue weighted by Gasteiger charge is 2.29. The van der Waals surface area contributed by atoms with Gasteiger partial charge >= 0.3 is 22.3 Å². The minimum absolute atomic E-state index is 0.0167. The van der Waals surface area contributed by atoms with Gasteiger partial charge in [-0.2, -0.15) is 0 Å². The van der Waals surface area contributed by atoms with Crippen LogP contribution in [0.3, 0.4) is 0 Å². The van der Waals surface area contributed by atoms with Crippen molar-refractivity contribution in [3.63, 3.8) is 0 Å². The molecule has 0 aliphatic rings. The Morgan fingerprint density at radius 2 is 1.07 bits per heavy atom. The Morgan fingerprint density at radius 3 is 1.38 bits per heavy atom. The number of phenolic OH excluding ortho intramolecular Hbond substituents is 2. The number of carbonyl (C=O) groups is 2. The molecule has 0 amide bonds. The average molecular weight is 424 g/mol. The van der Waals surface area contributed by atoms with Gasteiger partial charge in [0.15, 0.2) is 0 Å². The highest BCUT2D eigenvalue weighted by molar-refractivity contribution is 7.82. The van der Waals surface area contributed by atoms with E-state index in [4.69, 9.17) is 11.5 Å². The fourth-order valence-electron chi connectivity index (χ4n) is 2.28. The van der Waals surface area contributed by atoms with E-state index < -0.39 is 34.4 Å². The van der Waals surface area contributed by atoms with Gasteiger partial charge in [-0.15, -0.1) is 8.42 Å². The van der Waals surface area contributed by atoms with Crippen molar-refractivity contribution in [1.29, 1.82) is 0 Å².